The normalized spacial score (nSPS) is 26.3. The lowest BCUT2D eigenvalue weighted by Crippen LogP contribution is -2.37. The Kier molecular flexibility index (Phi) is 4.58. The van der Waals surface area contributed by atoms with E-state index in [1.165, 1.54) is 6.07 Å². The fraction of sp³-hybridized carbons (Fsp3) is 0.391. The molecule has 4 nitrogen and oxygen atoms in total. The molecule has 5 rings (SSSR count). The molecule has 150 valence electrons. The van der Waals surface area contributed by atoms with Crippen LogP contribution >= 0.6 is 11.6 Å². The van der Waals surface area contributed by atoms with Gasteiger partial charge in [0.15, 0.2) is 0 Å². The van der Waals surface area contributed by atoms with Crippen LogP contribution in [0.5, 0.6) is 0 Å². The smallest absolute Gasteiger partial charge is 0.251 e. The Morgan fingerprint density at radius 3 is 2.66 bits per heavy atom. The van der Waals surface area contributed by atoms with Crippen molar-refractivity contribution in [2.75, 3.05) is 0 Å². The van der Waals surface area contributed by atoms with Gasteiger partial charge in [-0.25, -0.2) is 9.37 Å². The molecule has 5 atom stereocenters. The molecule has 2 aliphatic carbocycles. The minimum absolute atomic E-state index is 0.0360. The average molecular weight is 412 g/mol. The van der Waals surface area contributed by atoms with E-state index in [1.54, 1.807) is 36.4 Å². The van der Waals surface area contributed by atoms with Crippen LogP contribution in [0.15, 0.2) is 48.8 Å². The summed E-state index contributed by atoms with van der Waals surface area (Å²) in [6.07, 6.45) is 4.88. The number of fused-ring (bicyclic) bond motifs is 2. The number of imidazole rings is 1. The summed E-state index contributed by atoms with van der Waals surface area (Å²) in [5.74, 6) is 1.49. The number of aromatic nitrogens is 2. The Bertz CT molecular complexity index is 1050. The van der Waals surface area contributed by atoms with Crippen molar-refractivity contribution in [3.63, 3.8) is 0 Å². The minimum atomic E-state index is -0.226. The van der Waals surface area contributed by atoms with Gasteiger partial charge in [-0.15, -0.1) is 0 Å². The zero-order valence-electron chi connectivity index (χ0n) is 16.2. The van der Waals surface area contributed by atoms with Gasteiger partial charge in [-0.3, -0.25) is 4.79 Å². The molecular formula is C23H23ClFN3O. The molecule has 0 aliphatic heterocycles. The lowest BCUT2D eigenvalue weighted by atomic mass is 9.98. The van der Waals surface area contributed by atoms with Crippen LogP contribution in [0.3, 0.4) is 0 Å². The van der Waals surface area contributed by atoms with Gasteiger partial charge in [0, 0.05) is 22.7 Å². The number of hydrogen-bond donors (Lipinski definition) is 1. The van der Waals surface area contributed by atoms with Gasteiger partial charge in [0.05, 0.1) is 17.4 Å². The zero-order chi connectivity index (χ0) is 20.1. The van der Waals surface area contributed by atoms with Crippen LogP contribution in [0.1, 0.15) is 42.6 Å². The first-order valence-electron chi connectivity index (χ1n) is 10.2. The van der Waals surface area contributed by atoms with E-state index in [0.717, 1.165) is 30.3 Å². The molecule has 2 aliphatic rings. The maximum Gasteiger partial charge on any atom is 0.251 e. The summed E-state index contributed by atoms with van der Waals surface area (Å²) in [4.78, 5) is 17.0. The Labute approximate surface area is 174 Å². The molecule has 0 radical (unpaired) electrons. The van der Waals surface area contributed by atoms with Crippen LogP contribution < -0.4 is 5.32 Å². The first kappa shape index (κ1) is 18.6. The molecule has 2 unspecified atom stereocenters. The minimum Gasteiger partial charge on any atom is -0.349 e. The highest BCUT2D eigenvalue weighted by Crippen LogP contribution is 2.62. The summed E-state index contributed by atoms with van der Waals surface area (Å²) in [5.41, 5.74) is 2.35. The highest BCUT2D eigenvalue weighted by Gasteiger charge is 2.59. The number of amides is 1. The lowest BCUT2D eigenvalue weighted by molar-refractivity contribution is 0.0927. The van der Waals surface area contributed by atoms with Crippen LogP contribution in [-0.4, -0.2) is 21.5 Å². The average Bonchev–Trinajstić information content (AvgIpc) is 3.06. The first-order valence-corrected chi connectivity index (χ1v) is 10.6. The molecule has 1 aromatic heterocycles. The predicted molar refractivity (Wildman–Crippen MR) is 111 cm³/mol. The van der Waals surface area contributed by atoms with Gasteiger partial charge in [0.1, 0.15) is 5.82 Å². The van der Waals surface area contributed by atoms with Gasteiger partial charge in [0.2, 0.25) is 0 Å². The van der Waals surface area contributed by atoms with Gasteiger partial charge in [-0.1, -0.05) is 18.5 Å². The molecule has 3 aromatic rings. The molecule has 0 spiro atoms. The van der Waals surface area contributed by atoms with Crippen LogP contribution in [0, 0.1) is 23.6 Å². The second-order valence-corrected chi connectivity index (χ2v) is 8.75. The fourth-order valence-corrected chi connectivity index (χ4v) is 5.43. The van der Waals surface area contributed by atoms with Crippen molar-refractivity contribution in [3.8, 4) is 0 Å². The van der Waals surface area contributed by atoms with Crippen LogP contribution in [0.25, 0.3) is 11.0 Å². The van der Waals surface area contributed by atoms with Crippen molar-refractivity contribution in [2.45, 2.75) is 38.3 Å². The van der Waals surface area contributed by atoms with E-state index in [9.17, 15) is 9.18 Å². The summed E-state index contributed by atoms with van der Waals surface area (Å²) in [6, 6.07) is 12.3. The van der Waals surface area contributed by atoms with E-state index in [2.05, 4.69) is 21.8 Å². The second kappa shape index (κ2) is 7.13. The van der Waals surface area contributed by atoms with Crippen molar-refractivity contribution < 1.29 is 9.18 Å². The Morgan fingerprint density at radius 2 is 1.97 bits per heavy atom. The van der Waals surface area contributed by atoms with Crippen molar-refractivity contribution in [1.82, 2.24) is 14.9 Å². The van der Waals surface area contributed by atoms with Crippen LogP contribution in [-0.2, 0) is 0 Å². The van der Waals surface area contributed by atoms with Gasteiger partial charge < -0.3 is 9.88 Å². The van der Waals surface area contributed by atoms with E-state index in [4.69, 9.17) is 11.6 Å². The van der Waals surface area contributed by atoms with Gasteiger partial charge in [-0.2, -0.15) is 0 Å². The highest BCUT2D eigenvalue weighted by molar-refractivity contribution is 6.30. The third-order valence-electron chi connectivity index (χ3n) is 6.74. The summed E-state index contributed by atoms with van der Waals surface area (Å²) in [5, 5.41) is 3.86. The summed E-state index contributed by atoms with van der Waals surface area (Å²) >= 11 is 5.92. The molecule has 0 bridgehead atoms. The number of rotatable bonds is 5. The van der Waals surface area contributed by atoms with Gasteiger partial charge >= 0.3 is 0 Å². The Morgan fingerprint density at radius 1 is 1.24 bits per heavy atom. The number of halogens is 2. The molecule has 6 heteroatoms. The Hall–Kier alpha value is -2.40. The molecular weight excluding hydrogens is 389 g/mol. The lowest BCUT2D eigenvalue weighted by Gasteiger charge is -2.22. The third-order valence-corrected chi connectivity index (χ3v) is 7.00. The number of carbonyl (C=O) groups excluding carboxylic acids is 1. The van der Waals surface area contributed by atoms with E-state index < -0.39 is 0 Å². The van der Waals surface area contributed by atoms with Crippen LogP contribution in [0.2, 0.25) is 5.02 Å². The summed E-state index contributed by atoms with van der Waals surface area (Å²) < 4.78 is 15.8. The topological polar surface area (TPSA) is 46.9 Å². The molecule has 2 fully saturated rings. The SMILES string of the molecule is CC[C@H](NC(=O)c1ccc(Cl)cc1)C1[C@H]2CC(n3cnc4ccc(F)cc43)C[C@@H]12. The van der Waals surface area contributed by atoms with E-state index in [-0.39, 0.29) is 17.8 Å². The van der Waals surface area contributed by atoms with E-state index in [1.807, 2.05) is 6.33 Å². The molecule has 29 heavy (non-hydrogen) atoms. The van der Waals surface area contributed by atoms with E-state index in [0.29, 0.717) is 34.4 Å². The molecule has 0 saturated heterocycles. The monoisotopic (exact) mass is 411 g/mol. The Balaban J connectivity index is 1.25. The fourth-order valence-electron chi connectivity index (χ4n) is 5.30. The van der Waals surface area contributed by atoms with Gasteiger partial charge in [-0.05, 0) is 79.5 Å². The van der Waals surface area contributed by atoms with E-state index >= 15 is 0 Å². The zero-order valence-corrected chi connectivity index (χ0v) is 16.9. The molecule has 2 aromatic carbocycles. The number of nitrogens with zero attached hydrogens (tertiary/aromatic N) is 2. The standard InChI is InChI=1S/C23H23ClFN3O/c1-2-19(27-23(29)13-3-5-14(24)6-4-13)22-17-10-16(11-18(17)22)28-12-26-20-8-7-15(25)9-21(20)28/h3-9,12,16-19,22H,2,10-11H2,1H3,(H,27,29)/t16?,17-,18+,19-,22?/m0/s1. The van der Waals surface area contributed by atoms with Crippen molar-refractivity contribution in [2.24, 2.45) is 17.8 Å². The number of carbonyl (C=O) groups is 1. The summed E-state index contributed by atoms with van der Waals surface area (Å²) in [7, 11) is 0. The molecule has 1 amide bonds. The van der Waals surface area contributed by atoms with Crippen molar-refractivity contribution in [3.05, 3.63) is 65.2 Å². The van der Waals surface area contributed by atoms with Crippen LogP contribution in [0.4, 0.5) is 4.39 Å². The van der Waals surface area contributed by atoms with Crippen molar-refractivity contribution in [1.29, 1.82) is 0 Å². The van der Waals surface area contributed by atoms with Crippen molar-refractivity contribution >= 4 is 28.5 Å². The number of nitrogens with one attached hydrogen (secondary N) is 1. The van der Waals surface area contributed by atoms with Gasteiger partial charge in [0.25, 0.3) is 5.91 Å². The maximum absolute atomic E-state index is 13.7. The first-order chi connectivity index (χ1) is 14.0. The largest absolute Gasteiger partial charge is 0.349 e. The predicted octanol–water partition coefficient (Wildman–Crippen LogP) is 5.23. The number of benzene rings is 2. The highest BCUT2D eigenvalue weighted by atomic mass is 35.5. The maximum atomic E-state index is 13.7. The molecule has 1 heterocycles. The second-order valence-electron chi connectivity index (χ2n) is 8.31. The molecule has 1 N–H and O–H groups in total. The number of hydrogen-bond acceptors (Lipinski definition) is 2. The third kappa shape index (κ3) is 3.31. The summed E-state index contributed by atoms with van der Waals surface area (Å²) in [6.45, 7) is 2.13. The molecule has 2 saturated carbocycles. The quantitative estimate of drug-likeness (QED) is 0.624.